The number of nitro groups is 1. The van der Waals surface area contributed by atoms with Crippen molar-refractivity contribution in [3.8, 4) is 0 Å². The van der Waals surface area contributed by atoms with Crippen molar-refractivity contribution in [2.45, 2.75) is 20.4 Å². The van der Waals surface area contributed by atoms with Crippen LogP contribution in [0.4, 0.5) is 11.4 Å². The number of hydrogen-bond acceptors (Lipinski definition) is 3. The molecule has 19 heavy (non-hydrogen) atoms. The van der Waals surface area contributed by atoms with Gasteiger partial charge in [-0.25, -0.2) is 0 Å². The molecule has 0 aliphatic rings. The number of hydrogen-bond donors (Lipinski definition) is 1. The zero-order valence-electron chi connectivity index (χ0n) is 11.3. The van der Waals surface area contributed by atoms with Gasteiger partial charge in [-0.1, -0.05) is 0 Å². The summed E-state index contributed by atoms with van der Waals surface area (Å²) in [5, 5.41) is 14.2. The highest BCUT2D eigenvalue weighted by atomic mass is 16.6. The second-order valence-corrected chi connectivity index (χ2v) is 4.75. The molecule has 0 aliphatic heterocycles. The summed E-state index contributed by atoms with van der Waals surface area (Å²) in [5.41, 5.74) is 3.80. The van der Waals surface area contributed by atoms with Crippen molar-refractivity contribution in [1.29, 1.82) is 0 Å². The van der Waals surface area contributed by atoms with E-state index in [1.165, 1.54) is 0 Å². The van der Waals surface area contributed by atoms with Crippen LogP contribution in [-0.2, 0) is 13.6 Å². The first-order chi connectivity index (χ1) is 8.97. The Morgan fingerprint density at radius 2 is 2.05 bits per heavy atom. The molecule has 0 atom stereocenters. The molecule has 100 valence electrons. The molecule has 2 aromatic rings. The Hall–Kier alpha value is -2.30. The van der Waals surface area contributed by atoms with Crippen LogP contribution < -0.4 is 5.32 Å². The Bertz CT molecular complexity index is 617. The molecule has 0 unspecified atom stereocenters. The van der Waals surface area contributed by atoms with Gasteiger partial charge in [-0.3, -0.25) is 10.1 Å². The highest BCUT2D eigenvalue weighted by Crippen LogP contribution is 2.26. The summed E-state index contributed by atoms with van der Waals surface area (Å²) in [6.07, 6.45) is 3.99. The lowest BCUT2D eigenvalue weighted by molar-refractivity contribution is -0.385. The molecule has 0 aliphatic carbocycles. The lowest BCUT2D eigenvalue weighted by Gasteiger charge is -2.10. The second-order valence-electron chi connectivity index (χ2n) is 4.75. The molecule has 5 nitrogen and oxygen atoms in total. The number of nitrogens with one attached hydrogen (secondary N) is 1. The molecule has 0 amide bonds. The van der Waals surface area contributed by atoms with E-state index < -0.39 is 0 Å². The number of aromatic nitrogens is 1. The number of anilines is 1. The standard InChI is InChI=1S/C14H17N3O2/c1-10-6-11(2)14(17(18)19)7-13(10)15-8-12-4-5-16(3)9-12/h4-7,9,15H,8H2,1-3H3. The first-order valence-corrected chi connectivity index (χ1v) is 6.07. The van der Waals surface area contributed by atoms with Gasteiger partial charge in [0, 0.05) is 43.3 Å². The van der Waals surface area contributed by atoms with Gasteiger partial charge in [0.25, 0.3) is 5.69 Å². The summed E-state index contributed by atoms with van der Waals surface area (Å²) < 4.78 is 1.97. The highest BCUT2D eigenvalue weighted by molar-refractivity contribution is 5.60. The molecular weight excluding hydrogens is 242 g/mol. The van der Waals surface area contributed by atoms with E-state index in [1.54, 1.807) is 13.0 Å². The molecule has 0 saturated heterocycles. The van der Waals surface area contributed by atoms with Crippen LogP contribution in [0.1, 0.15) is 16.7 Å². The molecule has 0 radical (unpaired) electrons. The van der Waals surface area contributed by atoms with Crippen LogP contribution in [0.3, 0.4) is 0 Å². The summed E-state index contributed by atoms with van der Waals surface area (Å²) in [5.74, 6) is 0. The van der Waals surface area contributed by atoms with Gasteiger partial charge in [0.15, 0.2) is 0 Å². The maximum atomic E-state index is 10.9. The SMILES string of the molecule is Cc1cc(C)c([N+](=O)[O-])cc1NCc1ccn(C)c1. The minimum Gasteiger partial charge on any atom is -0.380 e. The molecule has 2 rings (SSSR count). The van der Waals surface area contributed by atoms with E-state index in [9.17, 15) is 10.1 Å². The van der Waals surface area contributed by atoms with Gasteiger partial charge in [-0.05, 0) is 37.1 Å². The van der Waals surface area contributed by atoms with Gasteiger partial charge < -0.3 is 9.88 Å². The Labute approximate surface area is 112 Å². The van der Waals surface area contributed by atoms with Crippen LogP contribution in [0.5, 0.6) is 0 Å². The fraction of sp³-hybridized carbons (Fsp3) is 0.286. The molecule has 0 fully saturated rings. The molecule has 5 heteroatoms. The first kappa shape index (κ1) is 13.1. The van der Waals surface area contributed by atoms with E-state index in [0.29, 0.717) is 12.1 Å². The molecule has 0 spiro atoms. The molecule has 1 heterocycles. The van der Waals surface area contributed by atoms with Gasteiger partial charge in [0.1, 0.15) is 0 Å². The second kappa shape index (κ2) is 5.14. The van der Waals surface area contributed by atoms with Crippen molar-refractivity contribution in [2.24, 2.45) is 7.05 Å². The van der Waals surface area contributed by atoms with Crippen molar-refractivity contribution in [3.63, 3.8) is 0 Å². The lowest BCUT2D eigenvalue weighted by Crippen LogP contribution is -2.02. The van der Waals surface area contributed by atoms with Crippen molar-refractivity contribution in [2.75, 3.05) is 5.32 Å². The lowest BCUT2D eigenvalue weighted by atomic mass is 10.1. The molecular formula is C14H17N3O2. The monoisotopic (exact) mass is 259 g/mol. The van der Waals surface area contributed by atoms with Gasteiger partial charge in [-0.15, -0.1) is 0 Å². The van der Waals surface area contributed by atoms with E-state index >= 15 is 0 Å². The highest BCUT2D eigenvalue weighted by Gasteiger charge is 2.13. The Kier molecular flexibility index (Phi) is 3.55. The average molecular weight is 259 g/mol. The van der Waals surface area contributed by atoms with Crippen molar-refractivity contribution in [3.05, 3.63) is 57.4 Å². The van der Waals surface area contributed by atoms with E-state index in [2.05, 4.69) is 5.32 Å². The van der Waals surface area contributed by atoms with Gasteiger partial charge in [0.2, 0.25) is 0 Å². The fourth-order valence-corrected chi connectivity index (χ4v) is 2.09. The zero-order valence-corrected chi connectivity index (χ0v) is 11.3. The zero-order chi connectivity index (χ0) is 14.0. The minimum atomic E-state index is -0.345. The van der Waals surface area contributed by atoms with Crippen LogP contribution in [0.2, 0.25) is 0 Å². The number of rotatable bonds is 4. The Morgan fingerprint density at radius 1 is 1.32 bits per heavy atom. The third-order valence-electron chi connectivity index (χ3n) is 3.12. The van der Waals surface area contributed by atoms with Gasteiger partial charge in [-0.2, -0.15) is 0 Å². The molecule has 0 saturated carbocycles. The smallest absolute Gasteiger partial charge is 0.274 e. The Balaban J connectivity index is 2.20. The third kappa shape index (κ3) is 2.93. The summed E-state index contributed by atoms with van der Waals surface area (Å²) in [7, 11) is 1.96. The van der Waals surface area contributed by atoms with E-state index in [4.69, 9.17) is 0 Å². The average Bonchev–Trinajstić information content (AvgIpc) is 2.73. The van der Waals surface area contributed by atoms with E-state index in [1.807, 2.05) is 43.1 Å². The van der Waals surface area contributed by atoms with Crippen molar-refractivity contribution in [1.82, 2.24) is 4.57 Å². The minimum absolute atomic E-state index is 0.154. The van der Waals surface area contributed by atoms with Crippen LogP contribution in [0, 0.1) is 24.0 Å². The summed E-state index contributed by atoms with van der Waals surface area (Å²) in [6, 6.07) is 5.46. The van der Waals surface area contributed by atoms with E-state index in [-0.39, 0.29) is 10.6 Å². The predicted molar refractivity (Wildman–Crippen MR) is 75.3 cm³/mol. The normalized spacial score (nSPS) is 10.5. The van der Waals surface area contributed by atoms with Crippen LogP contribution in [0.25, 0.3) is 0 Å². The van der Waals surface area contributed by atoms with Crippen molar-refractivity contribution >= 4 is 11.4 Å². The largest absolute Gasteiger partial charge is 0.380 e. The maximum absolute atomic E-state index is 10.9. The fourth-order valence-electron chi connectivity index (χ4n) is 2.09. The predicted octanol–water partition coefficient (Wildman–Crippen LogP) is 3.16. The topological polar surface area (TPSA) is 60.1 Å². The molecule has 1 aromatic carbocycles. The third-order valence-corrected chi connectivity index (χ3v) is 3.12. The summed E-state index contributed by atoms with van der Waals surface area (Å²) >= 11 is 0. The number of nitrogens with zero attached hydrogens (tertiary/aromatic N) is 2. The quantitative estimate of drug-likeness (QED) is 0.677. The molecule has 1 aromatic heterocycles. The maximum Gasteiger partial charge on any atom is 0.274 e. The Morgan fingerprint density at radius 3 is 2.63 bits per heavy atom. The molecule has 0 bridgehead atoms. The van der Waals surface area contributed by atoms with Gasteiger partial charge in [0.05, 0.1) is 4.92 Å². The van der Waals surface area contributed by atoms with Crippen LogP contribution in [0.15, 0.2) is 30.6 Å². The van der Waals surface area contributed by atoms with Crippen LogP contribution in [-0.4, -0.2) is 9.49 Å². The first-order valence-electron chi connectivity index (χ1n) is 6.07. The van der Waals surface area contributed by atoms with Crippen molar-refractivity contribution < 1.29 is 4.92 Å². The number of aryl methyl sites for hydroxylation is 3. The van der Waals surface area contributed by atoms with Gasteiger partial charge >= 0.3 is 0 Å². The summed E-state index contributed by atoms with van der Waals surface area (Å²) in [4.78, 5) is 10.6. The van der Waals surface area contributed by atoms with Crippen LogP contribution >= 0.6 is 0 Å². The summed E-state index contributed by atoms with van der Waals surface area (Å²) in [6.45, 7) is 4.36. The number of nitro benzene ring substituents is 1. The van der Waals surface area contributed by atoms with E-state index in [0.717, 1.165) is 16.8 Å². The molecule has 1 N–H and O–H groups in total. The number of benzene rings is 1.